The molecule has 118 valence electrons. The molecular weight excluding hydrogens is 296 g/mol. The first kappa shape index (κ1) is 9.38. The fourth-order valence-corrected chi connectivity index (χ4v) is 2.76. The minimum absolute atomic E-state index is 0.146. The molecule has 0 spiro atoms. The Morgan fingerprint density at radius 3 is 2.75 bits per heavy atom. The van der Waals surface area contributed by atoms with Gasteiger partial charge >= 0.3 is 0 Å². The molecular formula is C21H18N2O. The molecule has 0 aliphatic carbocycles. The number of hydrogen-bond acceptors (Lipinski definition) is 3. The van der Waals surface area contributed by atoms with Gasteiger partial charge in [0.15, 0.2) is 11.5 Å². The van der Waals surface area contributed by atoms with Gasteiger partial charge < -0.3 is 4.42 Å². The number of pyridine rings is 1. The zero-order valence-corrected chi connectivity index (χ0v) is 13.0. The van der Waals surface area contributed by atoms with Gasteiger partial charge in [-0.2, -0.15) is 0 Å². The van der Waals surface area contributed by atoms with E-state index in [1.54, 1.807) is 43.3 Å². The minimum Gasteiger partial charge on any atom is -0.440 e. The van der Waals surface area contributed by atoms with Crippen LogP contribution in [-0.4, -0.2) is 9.97 Å². The largest absolute Gasteiger partial charge is 0.440 e. The maximum Gasteiger partial charge on any atom is 0.192 e. The molecule has 4 rings (SSSR count). The zero-order chi connectivity index (χ0) is 21.7. The van der Waals surface area contributed by atoms with Crippen molar-refractivity contribution in [3.8, 4) is 22.4 Å². The average Bonchev–Trinajstić information content (AvgIpc) is 3.06. The van der Waals surface area contributed by atoms with Gasteiger partial charge in [0.2, 0.25) is 0 Å². The molecule has 0 bridgehead atoms. The summed E-state index contributed by atoms with van der Waals surface area (Å²) in [7, 11) is 0. The van der Waals surface area contributed by atoms with E-state index < -0.39 is 13.7 Å². The van der Waals surface area contributed by atoms with Crippen molar-refractivity contribution in [1.82, 2.24) is 9.97 Å². The topological polar surface area (TPSA) is 38.9 Å². The number of aryl methyl sites for hydroxylation is 3. The van der Waals surface area contributed by atoms with E-state index in [-0.39, 0.29) is 11.1 Å². The van der Waals surface area contributed by atoms with Crippen LogP contribution in [0.1, 0.15) is 25.2 Å². The van der Waals surface area contributed by atoms with Crippen molar-refractivity contribution in [3.63, 3.8) is 0 Å². The number of oxazole rings is 1. The fraction of sp³-hybridized carbons (Fsp3) is 0.143. The normalized spacial score (nSPS) is 15.9. The van der Waals surface area contributed by atoms with Crippen LogP contribution in [0.25, 0.3) is 33.5 Å². The van der Waals surface area contributed by atoms with E-state index in [1.165, 1.54) is 12.3 Å². The SMILES string of the molecule is [2H]C([2H])([2H])c1ccc(-c2ccc(C([2H])([2H])[2H])c(-c3cccc4nc(C)oc34)c2)nc1. The third kappa shape index (κ3) is 2.48. The molecule has 2 heterocycles. The Morgan fingerprint density at radius 1 is 1.00 bits per heavy atom. The minimum atomic E-state index is -2.33. The summed E-state index contributed by atoms with van der Waals surface area (Å²) >= 11 is 0. The third-order valence-corrected chi connectivity index (χ3v) is 3.89. The number of nitrogens with zero attached hydrogens (tertiary/aromatic N) is 2. The second-order valence-corrected chi connectivity index (χ2v) is 5.58. The maximum atomic E-state index is 7.96. The van der Waals surface area contributed by atoms with E-state index >= 15 is 0 Å². The van der Waals surface area contributed by atoms with E-state index in [0.717, 1.165) is 0 Å². The number of para-hydroxylation sites is 1. The van der Waals surface area contributed by atoms with E-state index in [1.807, 2.05) is 6.07 Å². The second-order valence-electron chi connectivity index (χ2n) is 5.58. The number of fused-ring (bicyclic) bond motifs is 1. The smallest absolute Gasteiger partial charge is 0.192 e. The van der Waals surface area contributed by atoms with Crippen LogP contribution >= 0.6 is 0 Å². The zero-order valence-electron chi connectivity index (χ0n) is 19.0. The van der Waals surface area contributed by atoms with Crippen LogP contribution in [-0.2, 0) is 0 Å². The molecule has 0 radical (unpaired) electrons. The molecule has 0 amide bonds. The molecule has 0 saturated heterocycles. The Morgan fingerprint density at radius 2 is 1.96 bits per heavy atom. The first-order valence-corrected chi connectivity index (χ1v) is 7.52. The quantitative estimate of drug-likeness (QED) is 0.491. The summed E-state index contributed by atoms with van der Waals surface area (Å²) < 4.78 is 52.1. The fourth-order valence-electron chi connectivity index (χ4n) is 2.76. The lowest BCUT2D eigenvalue weighted by molar-refractivity contribution is 0.562. The summed E-state index contributed by atoms with van der Waals surface area (Å²) in [4.78, 5) is 8.60. The van der Waals surface area contributed by atoms with Crippen molar-refractivity contribution in [2.75, 3.05) is 0 Å². The summed E-state index contributed by atoms with van der Waals surface area (Å²) in [6, 6.07) is 13.5. The van der Waals surface area contributed by atoms with E-state index in [9.17, 15) is 0 Å². The van der Waals surface area contributed by atoms with Gasteiger partial charge in [-0.3, -0.25) is 4.98 Å². The van der Waals surface area contributed by atoms with Crippen LogP contribution in [0.2, 0.25) is 0 Å². The highest BCUT2D eigenvalue weighted by Crippen LogP contribution is 2.33. The van der Waals surface area contributed by atoms with Crippen molar-refractivity contribution >= 4 is 11.1 Å². The molecule has 2 aromatic carbocycles. The predicted octanol–water partition coefficient (Wildman–Crippen LogP) is 5.48. The maximum absolute atomic E-state index is 7.96. The monoisotopic (exact) mass is 320 g/mol. The van der Waals surface area contributed by atoms with E-state index in [0.29, 0.717) is 39.4 Å². The van der Waals surface area contributed by atoms with Gasteiger partial charge in [-0.05, 0) is 48.6 Å². The molecule has 0 aliphatic rings. The summed E-state index contributed by atoms with van der Waals surface area (Å²) in [5.41, 5.74) is 3.83. The second kappa shape index (κ2) is 5.60. The first-order chi connectivity index (χ1) is 14.0. The van der Waals surface area contributed by atoms with Gasteiger partial charge in [0.25, 0.3) is 0 Å². The Bertz CT molecular complexity index is 1220. The molecule has 0 N–H and O–H groups in total. The summed E-state index contributed by atoms with van der Waals surface area (Å²) in [5.74, 6) is 0.492. The van der Waals surface area contributed by atoms with Crippen molar-refractivity contribution in [2.24, 2.45) is 0 Å². The van der Waals surface area contributed by atoms with Gasteiger partial charge in [-0.25, -0.2) is 4.98 Å². The molecule has 0 fully saturated rings. The van der Waals surface area contributed by atoms with Gasteiger partial charge in [0.1, 0.15) is 5.52 Å². The van der Waals surface area contributed by atoms with Gasteiger partial charge in [-0.15, -0.1) is 0 Å². The van der Waals surface area contributed by atoms with Crippen molar-refractivity contribution in [2.45, 2.75) is 20.6 Å². The Labute approximate surface area is 149 Å². The predicted molar refractivity (Wildman–Crippen MR) is 96.9 cm³/mol. The van der Waals surface area contributed by atoms with Gasteiger partial charge in [0, 0.05) is 32.5 Å². The number of hydrogen-bond donors (Lipinski definition) is 0. The molecule has 3 heteroatoms. The molecule has 4 aromatic rings. The number of benzene rings is 2. The van der Waals surface area contributed by atoms with Crippen LogP contribution in [0, 0.1) is 20.6 Å². The molecule has 0 aliphatic heterocycles. The number of aromatic nitrogens is 2. The summed E-state index contributed by atoms with van der Waals surface area (Å²) in [6.45, 7) is -2.83. The third-order valence-electron chi connectivity index (χ3n) is 3.89. The van der Waals surface area contributed by atoms with Crippen LogP contribution in [0.15, 0.2) is 59.1 Å². The molecule has 0 saturated carbocycles. The lowest BCUT2D eigenvalue weighted by atomic mass is 9.96. The van der Waals surface area contributed by atoms with Crippen molar-refractivity contribution in [3.05, 3.63) is 71.7 Å². The molecule has 2 aromatic heterocycles. The van der Waals surface area contributed by atoms with Crippen molar-refractivity contribution < 1.29 is 12.6 Å². The van der Waals surface area contributed by atoms with Gasteiger partial charge in [-0.1, -0.05) is 30.3 Å². The number of rotatable bonds is 2. The molecule has 3 nitrogen and oxygen atoms in total. The Hall–Kier alpha value is -2.94. The first-order valence-electron chi connectivity index (χ1n) is 10.5. The summed E-state index contributed by atoms with van der Waals surface area (Å²) in [6.07, 6.45) is 1.32. The van der Waals surface area contributed by atoms with Crippen LogP contribution in [0.5, 0.6) is 0 Å². The highest BCUT2D eigenvalue weighted by atomic mass is 16.3. The van der Waals surface area contributed by atoms with E-state index in [2.05, 4.69) is 9.97 Å². The molecule has 0 atom stereocenters. The summed E-state index contributed by atoms with van der Waals surface area (Å²) in [5, 5.41) is 0. The van der Waals surface area contributed by atoms with Crippen LogP contribution in [0.4, 0.5) is 0 Å². The standard InChI is InChI=1S/C21H18N2O/c1-13-7-10-19(22-12-13)16-9-8-14(2)18(11-16)17-5-4-6-20-21(17)24-15(3)23-20/h4-12H,1-3H3/i1D3,2D3. The van der Waals surface area contributed by atoms with Crippen LogP contribution in [0.3, 0.4) is 0 Å². The van der Waals surface area contributed by atoms with Crippen LogP contribution < -0.4 is 0 Å². The molecule has 24 heavy (non-hydrogen) atoms. The highest BCUT2D eigenvalue weighted by molar-refractivity contribution is 5.92. The van der Waals surface area contributed by atoms with E-state index in [4.69, 9.17) is 12.6 Å². The van der Waals surface area contributed by atoms with Gasteiger partial charge in [0.05, 0.1) is 5.69 Å². The molecule has 0 unspecified atom stereocenters. The van der Waals surface area contributed by atoms with Crippen molar-refractivity contribution in [1.29, 1.82) is 0 Å². The average molecular weight is 320 g/mol. The lowest BCUT2D eigenvalue weighted by Crippen LogP contribution is -1.89. The highest BCUT2D eigenvalue weighted by Gasteiger charge is 2.12. The Kier molecular flexibility index (Phi) is 2.19. The Balaban J connectivity index is 1.91. The lowest BCUT2D eigenvalue weighted by Gasteiger charge is -2.10.